The van der Waals surface area contributed by atoms with Gasteiger partial charge in [0.25, 0.3) is 11.8 Å². The van der Waals surface area contributed by atoms with Crippen molar-refractivity contribution in [1.29, 1.82) is 0 Å². The maximum Gasteiger partial charge on any atom is 0.260 e. The molecule has 2 heterocycles. The second-order valence-corrected chi connectivity index (χ2v) is 9.36. The molecule has 1 atom stereocenters. The van der Waals surface area contributed by atoms with E-state index in [2.05, 4.69) is 5.32 Å². The summed E-state index contributed by atoms with van der Waals surface area (Å²) in [7, 11) is 1.51. The van der Waals surface area contributed by atoms with Crippen molar-refractivity contribution in [3.05, 3.63) is 64.7 Å². The highest BCUT2D eigenvalue weighted by Gasteiger charge is 2.37. The van der Waals surface area contributed by atoms with E-state index in [-0.39, 0.29) is 50.8 Å². The van der Waals surface area contributed by atoms with Gasteiger partial charge < -0.3 is 19.7 Å². The van der Waals surface area contributed by atoms with E-state index in [1.54, 1.807) is 23.1 Å². The minimum absolute atomic E-state index is 0.0441. The first-order valence-electron chi connectivity index (χ1n) is 12.2. The van der Waals surface area contributed by atoms with Crippen LogP contribution in [0.2, 0.25) is 0 Å². The van der Waals surface area contributed by atoms with Crippen molar-refractivity contribution >= 4 is 18.1 Å². The lowest BCUT2D eigenvalue weighted by molar-refractivity contribution is -0.125. The average molecular weight is 500 g/mol. The van der Waals surface area contributed by atoms with E-state index >= 15 is 0 Å². The highest BCUT2D eigenvalue weighted by Crippen LogP contribution is 2.33. The van der Waals surface area contributed by atoms with Gasteiger partial charge in [0.05, 0.1) is 13.1 Å². The number of benzene rings is 2. The minimum atomic E-state index is -2.62. The molecule has 0 bridgehead atoms. The first-order chi connectivity index (χ1) is 17.3. The number of hydrogen-bond acceptors (Lipinski definition) is 5. The van der Waals surface area contributed by atoms with E-state index in [0.717, 1.165) is 17.4 Å². The van der Waals surface area contributed by atoms with E-state index in [4.69, 9.17) is 4.74 Å². The molecule has 1 fully saturated rings. The summed E-state index contributed by atoms with van der Waals surface area (Å²) in [5.74, 6) is -2.63. The zero-order valence-corrected chi connectivity index (χ0v) is 20.3. The summed E-state index contributed by atoms with van der Waals surface area (Å²) in [4.78, 5) is 39.6. The number of alkyl halides is 2. The van der Waals surface area contributed by atoms with Crippen molar-refractivity contribution in [2.24, 2.45) is 0 Å². The molecule has 0 aromatic heterocycles. The number of nitrogens with zero attached hydrogens (tertiary/aromatic N) is 2. The smallest absolute Gasteiger partial charge is 0.260 e. The van der Waals surface area contributed by atoms with Crippen molar-refractivity contribution in [3.8, 4) is 5.75 Å². The first kappa shape index (κ1) is 25.8. The Morgan fingerprint density at radius 3 is 2.64 bits per heavy atom. The van der Waals surface area contributed by atoms with E-state index in [1.165, 1.54) is 11.9 Å². The lowest BCUT2D eigenvalue weighted by Crippen LogP contribution is -2.46. The molecular formula is C27H31F2N3O4. The Morgan fingerprint density at radius 2 is 1.94 bits per heavy atom. The molecule has 0 spiro atoms. The second kappa shape index (κ2) is 11.2. The number of rotatable bonds is 10. The first-order valence-corrected chi connectivity index (χ1v) is 12.2. The molecule has 1 saturated heterocycles. The third kappa shape index (κ3) is 5.90. The molecule has 0 radical (unpaired) electrons. The maximum absolute atomic E-state index is 13.7. The van der Waals surface area contributed by atoms with Gasteiger partial charge in [-0.05, 0) is 42.6 Å². The molecule has 2 aliphatic heterocycles. The Bertz CT molecular complexity index is 1110. The standard InChI is InChI=1S/C27H31F2N3O4/c1-30-25(34)23(6-3-14-33)32-16-22-21(26(32)35)5-2-7-24(22)36-17-20-10-8-19(9-11-20)15-31-13-4-12-27(28,29)18-31/h2,5,7-11,14,23H,3-4,6,12-13,15-18H2,1H3,(H,30,34). The topological polar surface area (TPSA) is 79.0 Å². The van der Waals surface area contributed by atoms with Gasteiger partial charge in [0.2, 0.25) is 5.91 Å². The summed E-state index contributed by atoms with van der Waals surface area (Å²) in [6.07, 6.45) is 1.63. The number of halogens is 2. The number of likely N-dealkylation sites (tertiary alicyclic amines) is 1. The lowest BCUT2D eigenvalue weighted by Gasteiger charge is -2.32. The number of likely N-dealkylation sites (N-methyl/N-ethyl adjacent to an activating group) is 1. The van der Waals surface area contributed by atoms with E-state index < -0.39 is 12.0 Å². The van der Waals surface area contributed by atoms with Gasteiger partial charge in [0, 0.05) is 37.6 Å². The monoisotopic (exact) mass is 499 g/mol. The lowest BCUT2D eigenvalue weighted by atomic mass is 10.1. The van der Waals surface area contributed by atoms with Crippen LogP contribution < -0.4 is 10.1 Å². The van der Waals surface area contributed by atoms with Crippen molar-refractivity contribution in [1.82, 2.24) is 15.1 Å². The molecule has 4 rings (SSSR count). The Labute approximate surface area is 209 Å². The Hall–Kier alpha value is -3.33. The van der Waals surface area contributed by atoms with Gasteiger partial charge in [0.15, 0.2) is 0 Å². The molecule has 1 unspecified atom stereocenters. The third-order valence-electron chi connectivity index (χ3n) is 6.73. The van der Waals surface area contributed by atoms with Crippen molar-refractivity contribution in [2.75, 3.05) is 20.1 Å². The SMILES string of the molecule is CNC(=O)C(CCC=O)N1Cc2c(OCc3ccc(CN4CCCC(F)(F)C4)cc3)cccc2C1=O. The van der Waals surface area contributed by atoms with Crippen molar-refractivity contribution < 1.29 is 27.9 Å². The number of carbonyl (C=O) groups is 3. The zero-order chi connectivity index (χ0) is 25.7. The van der Waals surface area contributed by atoms with Gasteiger partial charge in [-0.15, -0.1) is 0 Å². The Morgan fingerprint density at radius 1 is 1.19 bits per heavy atom. The predicted octanol–water partition coefficient (Wildman–Crippen LogP) is 3.55. The molecule has 0 saturated carbocycles. The van der Waals surface area contributed by atoms with Gasteiger partial charge in [-0.25, -0.2) is 8.78 Å². The fraction of sp³-hybridized carbons (Fsp3) is 0.444. The fourth-order valence-corrected chi connectivity index (χ4v) is 4.88. The van der Waals surface area contributed by atoms with Crippen LogP contribution in [-0.2, 0) is 29.3 Å². The molecule has 192 valence electrons. The Balaban J connectivity index is 1.40. The van der Waals surface area contributed by atoms with Crippen LogP contribution in [0.1, 0.15) is 52.7 Å². The zero-order valence-electron chi connectivity index (χ0n) is 20.3. The molecule has 2 aromatic carbocycles. The van der Waals surface area contributed by atoms with Crippen LogP contribution in [0.3, 0.4) is 0 Å². The quantitative estimate of drug-likeness (QED) is 0.506. The van der Waals surface area contributed by atoms with Gasteiger partial charge in [-0.2, -0.15) is 0 Å². The van der Waals surface area contributed by atoms with Crippen LogP contribution in [0.4, 0.5) is 8.78 Å². The largest absolute Gasteiger partial charge is 0.489 e. The molecule has 1 N–H and O–H groups in total. The summed E-state index contributed by atoms with van der Waals surface area (Å²) in [6.45, 7) is 1.45. The molecule has 36 heavy (non-hydrogen) atoms. The number of amides is 2. The fourth-order valence-electron chi connectivity index (χ4n) is 4.88. The number of nitrogens with one attached hydrogen (secondary N) is 1. The third-order valence-corrected chi connectivity index (χ3v) is 6.73. The molecule has 9 heteroatoms. The molecule has 2 amide bonds. The molecule has 0 aliphatic carbocycles. The summed E-state index contributed by atoms with van der Waals surface area (Å²) in [5, 5.41) is 2.57. The number of aldehydes is 1. The number of ether oxygens (including phenoxy) is 1. The predicted molar refractivity (Wildman–Crippen MR) is 130 cm³/mol. The summed E-state index contributed by atoms with van der Waals surface area (Å²) >= 11 is 0. The van der Waals surface area contributed by atoms with Crippen LogP contribution in [0.5, 0.6) is 5.75 Å². The normalized spacial score (nSPS) is 18.0. The molecular weight excluding hydrogens is 468 g/mol. The van der Waals surface area contributed by atoms with Crippen LogP contribution in [0.15, 0.2) is 42.5 Å². The maximum atomic E-state index is 13.7. The highest BCUT2D eigenvalue weighted by atomic mass is 19.3. The van der Waals surface area contributed by atoms with Crippen LogP contribution >= 0.6 is 0 Å². The van der Waals surface area contributed by atoms with Crippen molar-refractivity contribution in [3.63, 3.8) is 0 Å². The summed E-state index contributed by atoms with van der Waals surface area (Å²) in [6, 6.07) is 12.2. The van der Waals surface area contributed by atoms with E-state index in [9.17, 15) is 23.2 Å². The van der Waals surface area contributed by atoms with Gasteiger partial charge in [-0.3, -0.25) is 14.5 Å². The van der Waals surface area contributed by atoms with Crippen molar-refractivity contribution in [2.45, 2.75) is 57.3 Å². The number of fused-ring (bicyclic) bond motifs is 1. The number of hydrogen-bond donors (Lipinski definition) is 1. The van der Waals surface area contributed by atoms with Crippen LogP contribution in [-0.4, -0.2) is 60.0 Å². The van der Waals surface area contributed by atoms with E-state index in [0.29, 0.717) is 36.4 Å². The molecule has 2 aromatic rings. The van der Waals surface area contributed by atoms with Crippen LogP contribution in [0.25, 0.3) is 0 Å². The average Bonchev–Trinajstić information content (AvgIpc) is 3.20. The molecule has 7 nitrogen and oxygen atoms in total. The van der Waals surface area contributed by atoms with Crippen LogP contribution in [0, 0.1) is 0 Å². The van der Waals surface area contributed by atoms with Gasteiger partial charge >= 0.3 is 0 Å². The second-order valence-electron chi connectivity index (χ2n) is 9.36. The van der Waals surface area contributed by atoms with Gasteiger partial charge in [-0.1, -0.05) is 30.3 Å². The Kier molecular flexibility index (Phi) is 7.98. The van der Waals surface area contributed by atoms with Gasteiger partial charge in [0.1, 0.15) is 24.7 Å². The summed E-state index contributed by atoms with van der Waals surface area (Å²) in [5.41, 5.74) is 3.08. The molecule has 2 aliphatic rings. The number of piperidine rings is 1. The number of carbonyl (C=O) groups excluding carboxylic acids is 3. The van der Waals surface area contributed by atoms with E-state index in [1.807, 2.05) is 24.3 Å². The highest BCUT2D eigenvalue weighted by molar-refractivity contribution is 6.01. The summed E-state index contributed by atoms with van der Waals surface area (Å²) < 4.78 is 33.4. The minimum Gasteiger partial charge on any atom is -0.489 e.